The highest BCUT2D eigenvalue weighted by atomic mass is 19.4. The minimum absolute atomic E-state index is 0. The first-order chi connectivity index (χ1) is 14.2. The van der Waals surface area contributed by atoms with Crippen LogP contribution < -0.4 is 4.74 Å². The summed E-state index contributed by atoms with van der Waals surface area (Å²) in [5.41, 5.74) is -0.991. The summed E-state index contributed by atoms with van der Waals surface area (Å²) in [4.78, 5) is 20.6. The molecule has 0 N–H and O–H groups in total. The number of carbonyl (C=O) groups is 2. The van der Waals surface area contributed by atoms with Crippen LogP contribution in [0.15, 0.2) is 36.4 Å². The predicted octanol–water partition coefficient (Wildman–Crippen LogP) is 6.80. The monoisotopic (exact) mass is 450 g/mol. The molecule has 2 aromatic carbocycles. The maximum absolute atomic E-state index is 13.2. The fourth-order valence-corrected chi connectivity index (χ4v) is 2.32. The van der Waals surface area contributed by atoms with Crippen molar-refractivity contribution in [3.8, 4) is 5.75 Å². The Hall–Kier alpha value is -2.84. The number of rotatable bonds is 5. The lowest BCUT2D eigenvalue weighted by Gasteiger charge is -2.22. The van der Waals surface area contributed by atoms with E-state index in [1.165, 1.54) is 12.1 Å². The zero-order valence-electron chi connectivity index (χ0n) is 16.2. The Bertz CT molecular complexity index is 827. The van der Waals surface area contributed by atoms with Crippen LogP contribution in [0, 0.1) is 23.4 Å². The summed E-state index contributed by atoms with van der Waals surface area (Å²) in [7, 11) is 0. The minimum Gasteiger partial charge on any atom is -0.480 e. The number of alkyl halides is 3. The Labute approximate surface area is 177 Å². The molecule has 0 aliphatic heterocycles. The molecule has 0 bridgehead atoms. The minimum atomic E-state index is -4.52. The van der Waals surface area contributed by atoms with Gasteiger partial charge in [-0.2, -0.15) is 13.2 Å². The molecule has 9 heteroatoms. The highest BCUT2D eigenvalue weighted by molar-refractivity contribution is 5.79. The third kappa shape index (κ3) is 8.07. The normalized spacial score (nSPS) is 13.3. The maximum Gasteiger partial charge on any atom is 0.425 e. The molecule has 1 fully saturated rings. The number of ether oxygens (including phenoxy) is 1. The van der Waals surface area contributed by atoms with Crippen molar-refractivity contribution in [3.63, 3.8) is 0 Å². The van der Waals surface area contributed by atoms with Crippen molar-refractivity contribution in [3.05, 3.63) is 65.0 Å². The van der Waals surface area contributed by atoms with Crippen molar-refractivity contribution in [1.82, 2.24) is 0 Å². The number of carbonyl (C=O) groups excluding carboxylic acids is 2. The van der Waals surface area contributed by atoms with Crippen molar-refractivity contribution in [2.45, 2.75) is 46.4 Å². The lowest BCUT2D eigenvalue weighted by atomic mass is 10.2. The molecule has 2 aromatic rings. The van der Waals surface area contributed by atoms with Gasteiger partial charge in [0, 0.05) is 5.92 Å². The molecule has 1 unspecified atom stereocenters. The zero-order valence-corrected chi connectivity index (χ0v) is 16.2. The second kappa shape index (κ2) is 12.8. The molecule has 31 heavy (non-hydrogen) atoms. The van der Waals surface area contributed by atoms with Gasteiger partial charge in [-0.15, -0.1) is 0 Å². The SMILES string of the molecule is C.CC.O=Cc1c(F)cccc1F.O=Cc1c(F)cccc1OC(C1CC1)C(F)(F)F. The van der Waals surface area contributed by atoms with Gasteiger partial charge in [-0.3, -0.25) is 9.59 Å². The van der Waals surface area contributed by atoms with Gasteiger partial charge >= 0.3 is 6.18 Å². The highest BCUT2D eigenvalue weighted by Gasteiger charge is 2.51. The van der Waals surface area contributed by atoms with E-state index in [0.717, 1.165) is 24.3 Å². The van der Waals surface area contributed by atoms with Gasteiger partial charge < -0.3 is 4.74 Å². The van der Waals surface area contributed by atoms with Crippen LogP contribution in [0.25, 0.3) is 0 Å². The number of halogens is 6. The van der Waals surface area contributed by atoms with Crippen molar-refractivity contribution < 1.29 is 40.7 Å². The van der Waals surface area contributed by atoms with Crippen LogP contribution in [0.5, 0.6) is 5.75 Å². The van der Waals surface area contributed by atoms with Crippen LogP contribution in [-0.4, -0.2) is 24.9 Å². The lowest BCUT2D eigenvalue weighted by molar-refractivity contribution is -0.201. The molecule has 0 saturated heterocycles. The third-order valence-corrected chi connectivity index (χ3v) is 3.88. The maximum atomic E-state index is 13.2. The topological polar surface area (TPSA) is 43.4 Å². The smallest absolute Gasteiger partial charge is 0.425 e. The number of benzene rings is 2. The molecule has 1 atom stereocenters. The van der Waals surface area contributed by atoms with Crippen LogP contribution in [-0.2, 0) is 0 Å². The van der Waals surface area contributed by atoms with Crippen LogP contribution >= 0.6 is 0 Å². The zero-order chi connectivity index (χ0) is 22.9. The molecule has 172 valence electrons. The average Bonchev–Trinajstić information content (AvgIpc) is 3.52. The molecule has 3 nitrogen and oxygen atoms in total. The van der Waals surface area contributed by atoms with E-state index in [0.29, 0.717) is 12.8 Å². The van der Waals surface area contributed by atoms with E-state index in [9.17, 15) is 35.9 Å². The molecule has 1 aliphatic carbocycles. The second-order valence-corrected chi connectivity index (χ2v) is 5.94. The Balaban J connectivity index is 0.000000592. The van der Waals surface area contributed by atoms with Crippen LogP contribution in [0.1, 0.15) is 54.8 Å². The van der Waals surface area contributed by atoms with Crippen molar-refractivity contribution in [1.29, 1.82) is 0 Å². The average molecular weight is 450 g/mol. The number of aldehydes is 2. The molecule has 1 saturated carbocycles. The highest BCUT2D eigenvalue weighted by Crippen LogP contribution is 2.42. The first kappa shape index (κ1) is 28.2. The third-order valence-electron chi connectivity index (χ3n) is 3.88. The van der Waals surface area contributed by atoms with E-state index >= 15 is 0 Å². The van der Waals surface area contributed by atoms with Gasteiger partial charge in [-0.1, -0.05) is 33.4 Å². The Morgan fingerprint density at radius 2 is 1.29 bits per heavy atom. The van der Waals surface area contributed by atoms with Gasteiger partial charge in [0.1, 0.15) is 23.2 Å². The van der Waals surface area contributed by atoms with E-state index in [1.807, 2.05) is 13.8 Å². The summed E-state index contributed by atoms with van der Waals surface area (Å²) in [6.07, 6.45) is -5.33. The number of hydrogen-bond donors (Lipinski definition) is 0. The van der Waals surface area contributed by atoms with Crippen molar-refractivity contribution in [2.24, 2.45) is 5.92 Å². The van der Waals surface area contributed by atoms with Crippen molar-refractivity contribution in [2.75, 3.05) is 0 Å². The number of hydrogen-bond acceptors (Lipinski definition) is 3. The van der Waals surface area contributed by atoms with Gasteiger partial charge in [-0.05, 0) is 37.1 Å². The molecule has 0 amide bonds. The van der Waals surface area contributed by atoms with Gasteiger partial charge in [-0.25, -0.2) is 13.2 Å². The van der Waals surface area contributed by atoms with Gasteiger partial charge in [0.2, 0.25) is 0 Å². The van der Waals surface area contributed by atoms with Gasteiger partial charge in [0.15, 0.2) is 18.7 Å². The van der Waals surface area contributed by atoms with E-state index in [1.54, 1.807) is 0 Å². The molecule has 0 heterocycles. The summed E-state index contributed by atoms with van der Waals surface area (Å²) in [6, 6.07) is 6.64. The largest absolute Gasteiger partial charge is 0.480 e. The van der Waals surface area contributed by atoms with Crippen molar-refractivity contribution >= 4 is 12.6 Å². The summed E-state index contributed by atoms with van der Waals surface area (Å²) < 4.78 is 81.0. The van der Waals surface area contributed by atoms with Crippen LogP contribution in [0.3, 0.4) is 0 Å². The van der Waals surface area contributed by atoms with Gasteiger partial charge in [0.05, 0.1) is 11.1 Å². The molecular formula is C22H24F6O3. The first-order valence-corrected chi connectivity index (χ1v) is 9.05. The molecule has 0 spiro atoms. The Morgan fingerprint density at radius 1 is 0.871 bits per heavy atom. The molecular weight excluding hydrogens is 426 g/mol. The quantitative estimate of drug-likeness (QED) is 0.372. The lowest BCUT2D eigenvalue weighted by Crippen LogP contribution is -2.36. The van der Waals surface area contributed by atoms with Crippen LogP contribution in [0.4, 0.5) is 26.3 Å². The fraction of sp³-hybridized carbons (Fsp3) is 0.364. The summed E-state index contributed by atoms with van der Waals surface area (Å²) >= 11 is 0. The summed E-state index contributed by atoms with van der Waals surface area (Å²) in [5.74, 6) is -3.50. The first-order valence-electron chi connectivity index (χ1n) is 9.05. The molecule has 0 radical (unpaired) electrons. The fourth-order valence-electron chi connectivity index (χ4n) is 2.32. The van der Waals surface area contributed by atoms with Gasteiger partial charge in [0.25, 0.3) is 0 Å². The molecule has 1 aliphatic rings. The standard InChI is InChI=1S/C12H10F4O2.C7H4F2O.C2H6.CH4/c13-9-2-1-3-10(8(9)6-17)18-11(7-4-5-7)12(14,15)16;8-6-2-1-3-7(9)5(6)4-10;1-2;/h1-3,6-7,11H,4-5H2;1-4H;1-2H3;1H4. The Morgan fingerprint density at radius 3 is 1.65 bits per heavy atom. The summed E-state index contributed by atoms with van der Waals surface area (Å²) in [6.45, 7) is 4.00. The Kier molecular flexibility index (Phi) is 11.6. The predicted molar refractivity (Wildman–Crippen MR) is 105 cm³/mol. The summed E-state index contributed by atoms with van der Waals surface area (Å²) in [5, 5.41) is 0. The van der Waals surface area contributed by atoms with E-state index in [4.69, 9.17) is 4.74 Å². The van der Waals surface area contributed by atoms with E-state index in [-0.39, 0.29) is 25.7 Å². The van der Waals surface area contributed by atoms with E-state index < -0.39 is 46.8 Å². The molecule has 0 aromatic heterocycles. The van der Waals surface area contributed by atoms with Crippen LogP contribution in [0.2, 0.25) is 0 Å². The molecule has 3 rings (SSSR count). The van der Waals surface area contributed by atoms with E-state index in [2.05, 4.69) is 0 Å². The second-order valence-electron chi connectivity index (χ2n) is 5.94.